The maximum absolute atomic E-state index is 12.5. The van der Waals surface area contributed by atoms with Crippen LogP contribution in [0.3, 0.4) is 0 Å². The standard InChI is InChI=1S/C14H27N3O3S/c1-5-6-10(15)11(12(18)17-7-8-21-9-17)16-13(19)20-14(2,3)4/h10-11H,5-9,15H2,1-4H3,(H,16,19). The lowest BCUT2D eigenvalue weighted by molar-refractivity contribution is -0.132. The van der Waals surface area contributed by atoms with Gasteiger partial charge in [0.1, 0.15) is 11.6 Å². The summed E-state index contributed by atoms with van der Waals surface area (Å²) in [4.78, 5) is 26.2. The van der Waals surface area contributed by atoms with Gasteiger partial charge in [-0.05, 0) is 27.2 Å². The molecule has 21 heavy (non-hydrogen) atoms. The van der Waals surface area contributed by atoms with Crippen LogP contribution in [-0.4, -0.2) is 52.8 Å². The summed E-state index contributed by atoms with van der Waals surface area (Å²) < 4.78 is 5.23. The van der Waals surface area contributed by atoms with E-state index in [-0.39, 0.29) is 5.91 Å². The van der Waals surface area contributed by atoms with Crippen molar-refractivity contribution in [1.29, 1.82) is 0 Å². The number of nitrogens with two attached hydrogens (primary N) is 1. The highest BCUT2D eigenvalue weighted by Gasteiger charge is 2.33. The highest BCUT2D eigenvalue weighted by atomic mass is 32.2. The van der Waals surface area contributed by atoms with Gasteiger partial charge in [-0.1, -0.05) is 13.3 Å². The molecule has 1 saturated heterocycles. The largest absolute Gasteiger partial charge is 0.444 e. The first-order chi connectivity index (χ1) is 9.74. The van der Waals surface area contributed by atoms with E-state index in [0.717, 1.165) is 12.2 Å². The van der Waals surface area contributed by atoms with E-state index < -0.39 is 23.8 Å². The number of nitrogens with zero attached hydrogens (tertiary/aromatic N) is 1. The average Bonchev–Trinajstić information content (AvgIpc) is 2.87. The SMILES string of the molecule is CCCC(N)C(NC(=O)OC(C)(C)C)C(=O)N1CCSC1. The minimum atomic E-state index is -0.724. The number of amides is 2. The van der Waals surface area contributed by atoms with Crippen LogP contribution in [0.15, 0.2) is 0 Å². The lowest BCUT2D eigenvalue weighted by atomic mass is 10.0. The van der Waals surface area contributed by atoms with Gasteiger partial charge in [0.05, 0.1) is 5.88 Å². The first-order valence-corrected chi connectivity index (χ1v) is 8.51. The van der Waals surface area contributed by atoms with Gasteiger partial charge in [0.25, 0.3) is 0 Å². The van der Waals surface area contributed by atoms with Crippen molar-refractivity contribution in [1.82, 2.24) is 10.2 Å². The molecule has 0 bridgehead atoms. The third-order valence-electron chi connectivity index (χ3n) is 3.05. The molecule has 6 nitrogen and oxygen atoms in total. The smallest absolute Gasteiger partial charge is 0.408 e. The summed E-state index contributed by atoms with van der Waals surface area (Å²) in [5, 5.41) is 2.65. The van der Waals surface area contributed by atoms with Crippen molar-refractivity contribution in [3.05, 3.63) is 0 Å². The molecule has 1 rings (SSSR count). The van der Waals surface area contributed by atoms with Crippen molar-refractivity contribution in [2.75, 3.05) is 18.2 Å². The van der Waals surface area contributed by atoms with Gasteiger partial charge in [0, 0.05) is 18.3 Å². The van der Waals surface area contributed by atoms with Crippen LogP contribution in [0.1, 0.15) is 40.5 Å². The summed E-state index contributed by atoms with van der Waals surface area (Å²) in [5.41, 5.74) is 5.48. The van der Waals surface area contributed by atoms with E-state index in [9.17, 15) is 9.59 Å². The Morgan fingerprint density at radius 2 is 2.10 bits per heavy atom. The van der Waals surface area contributed by atoms with Crippen molar-refractivity contribution in [2.24, 2.45) is 5.73 Å². The van der Waals surface area contributed by atoms with Crippen molar-refractivity contribution < 1.29 is 14.3 Å². The molecule has 0 aromatic rings. The summed E-state index contributed by atoms with van der Waals surface area (Å²) in [6, 6.07) is -1.13. The predicted molar refractivity (Wildman–Crippen MR) is 85.1 cm³/mol. The van der Waals surface area contributed by atoms with Crippen LogP contribution in [0.5, 0.6) is 0 Å². The molecule has 2 amide bonds. The summed E-state index contributed by atoms with van der Waals surface area (Å²) in [5.74, 6) is 1.46. The van der Waals surface area contributed by atoms with Gasteiger partial charge < -0.3 is 20.7 Å². The van der Waals surface area contributed by atoms with E-state index in [2.05, 4.69) is 5.32 Å². The second kappa shape index (κ2) is 7.89. The van der Waals surface area contributed by atoms with Gasteiger partial charge >= 0.3 is 6.09 Å². The number of hydrogen-bond donors (Lipinski definition) is 2. The normalized spacial score (nSPS) is 18.2. The summed E-state index contributed by atoms with van der Waals surface area (Å²) in [6.45, 7) is 8.06. The number of hydrogen-bond acceptors (Lipinski definition) is 5. The molecule has 2 unspecified atom stereocenters. The maximum atomic E-state index is 12.5. The minimum Gasteiger partial charge on any atom is -0.444 e. The molecule has 1 aliphatic rings. The lowest BCUT2D eigenvalue weighted by Crippen LogP contribution is -2.57. The van der Waals surface area contributed by atoms with Gasteiger partial charge in [-0.3, -0.25) is 4.79 Å². The van der Waals surface area contributed by atoms with Crippen LogP contribution in [0.2, 0.25) is 0 Å². The fraction of sp³-hybridized carbons (Fsp3) is 0.857. The van der Waals surface area contributed by atoms with Crippen LogP contribution in [0.4, 0.5) is 4.79 Å². The monoisotopic (exact) mass is 317 g/mol. The van der Waals surface area contributed by atoms with E-state index in [1.54, 1.807) is 37.4 Å². The Kier molecular flexibility index (Phi) is 6.80. The molecule has 122 valence electrons. The van der Waals surface area contributed by atoms with Crippen LogP contribution in [-0.2, 0) is 9.53 Å². The molecular formula is C14H27N3O3S. The van der Waals surface area contributed by atoms with Gasteiger partial charge in [-0.25, -0.2) is 4.79 Å². The molecule has 1 heterocycles. The average molecular weight is 317 g/mol. The third kappa shape index (κ3) is 6.13. The molecule has 0 aromatic carbocycles. The van der Waals surface area contributed by atoms with Crippen LogP contribution in [0, 0.1) is 0 Å². The number of ether oxygens (including phenoxy) is 1. The van der Waals surface area contributed by atoms with Crippen molar-refractivity contribution >= 4 is 23.8 Å². The van der Waals surface area contributed by atoms with Gasteiger partial charge in [0.2, 0.25) is 5.91 Å². The summed E-state index contributed by atoms with van der Waals surface area (Å²) in [6.07, 6.45) is 0.933. The zero-order chi connectivity index (χ0) is 16.0. The van der Waals surface area contributed by atoms with Gasteiger partial charge in [-0.2, -0.15) is 0 Å². The Morgan fingerprint density at radius 3 is 2.57 bits per heavy atom. The van der Waals surface area contributed by atoms with Gasteiger partial charge in [-0.15, -0.1) is 11.8 Å². The molecule has 0 aromatic heterocycles. The maximum Gasteiger partial charge on any atom is 0.408 e. The lowest BCUT2D eigenvalue weighted by Gasteiger charge is -2.29. The molecule has 7 heteroatoms. The minimum absolute atomic E-state index is 0.119. The van der Waals surface area contributed by atoms with E-state index >= 15 is 0 Å². The van der Waals surface area contributed by atoms with Crippen LogP contribution >= 0.6 is 11.8 Å². The summed E-state index contributed by atoms with van der Waals surface area (Å²) in [7, 11) is 0. The van der Waals surface area contributed by atoms with E-state index in [4.69, 9.17) is 10.5 Å². The first kappa shape index (κ1) is 18.1. The third-order valence-corrected chi connectivity index (χ3v) is 4.02. The fourth-order valence-electron chi connectivity index (χ4n) is 2.07. The number of nitrogens with one attached hydrogen (secondary N) is 1. The Balaban J connectivity index is 2.72. The highest BCUT2D eigenvalue weighted by molar-refractivity contribution is 7.99. The molecule has 0 spiro atoms. The molecule has 1 aliphatic heterocycles. The van der Waals surface area contributed by atoms with Crippen molar-refractivity contribution in [3.8, 4) is 0 Å². The van der Waals surface area contributed by atoms with E-state index in [1.165, 1.54) is 0 Å². The Labute approximate surface area is 131 Å². The Bertz CT molecular complexity index is 365. The Morgan fingerprint density at radius 1 is 1.43 bits per heavy atom. The number of alkyl carbamates (subject to hydrolysis) is 1. The van der Waals surface area contributed by atoms with Crippen LogP contribution < -0.4 is 11.1 Å². The zero-order valence-electron chi connectivity index (χ0n) is 13.3. The van der Waals surface area contributed by atoms with E-state index in [1.807, 2.05) is 6.92 Å². The number of carbonyl (C=O) groups excluding carboxylic acids is 2. The number of thioether (sulfide) groups is 1. The zero-order valence-corrected chi connectivity index (χ0v) is 14.2. The Hall–Kier alpha value is -0.950. The predicted octanol–water partition coefficient (Wildman–Crippen LogP) is 1.54. The number of rotatable bonds is 5. The van der Waals surface area contributed by atoms with Crippen molar-refractivity contribution in [2.45, 2.75) is 58.2 Å². The highest BCUT2D eigenvalue weighted by Crippen LogP contribution is 2.16. The summed E-state index contributed by atoms with van der Waals surface area (Å²) >= 11 is 1.70. The van der Waals surface area contributed by atoms with Crippen molar-refractivity contribution in [3.63, 3.8) is 0 Å². The first-order valence-electron chi connectivity index (χ1n) is 7.36. The molecule has 1 fully saturated rings. The van der Waals surface area contributed by atoms with E-state index in [0.29, 0.717) is 18.8 Å². The molecular weight excluding hydrogens is 290 g/mol. The topological polar surface area (TPSA) is 84.7 Å². The van der Waals surface area contributed by atoms with Gasteiger partial charge in [0.15, 0.2) is 0 Å². The van der Waals surface area contributed by atoms with Crippen LogP contribution in [0.25, 0.3) is 0 Å². The molecule has 3 N–H and O–H groups in total. The second-order valence-corrected chi connectivity index (χ2v) is 7.29. The second-order valence-electron chi connectivity index (χ2n) is 6.22. The molecule has 2 atom stereocenters. The molecule has 0 saturated carbocycles. The fourth-order valence-corrected chi connectivity index (χ4v) is 3.03. The number of carbonyl (C=O) groups is 2. The molecule has 0 radical (unpaired) electrons. The quantitative estimate of drug-likeness (QED) is 0.803. The molecule has 0 aliphatic carbocycles.